The van der Waals surface area contributed by atoms with Crippen molar-refractivity contribution in [2.24, 2.45) is 0 Å². The SMILES string of the molecule is COc1cc(-c2cncc(-c3cc(NC(=O)NC4CCC4)cs3)n2)ccc1C(=O)N(C)C1CCN(C)CC1. The van der Waals surface area contributed by atoms with Gasteiger partial charge in [-0.25, -0.2) is 9.78 Å². The average molecular weight is 535 g/mol. The molecule has 3 aromatic rings. The smallest absolute Gasteiger partial charge is 0.319 e. The molecule has 0 atom stereocenters. The van der Waals surface area contributed by atoms with Crippen molar-refractivity contribution in [2.45, 2.75) is 44.2 Å². The van der Waals surface area contributed by atoms with Crippen molar-refractivity contribution in [3.8, 4) is 27.6 Å². The number of carbonyl (C=O) groups is 2. The third-order valence-corrected chi connectivity index (χ3v) is 8.42. The van der Waals surface area contributed by atoms with E-state index in [2.05, 4.69) is 27.6 Å². The van der Waals surface area contributed by atoms with Crippen LogP contribution in [0.3, 0.4) is 0 Å². The highest BCUT2D eigenvalue weighted by atomic mass is 32.1. The summed E-state index contributed by atoms with van der Waals surface area (Å²) < 4.78 is 5.63. The fourth-order valence-corrected chi connectivity index (χ4v) is 5.63. The Bertz CT molecular complexity index is 1300. The quantitative estimate of drug-likeness (QED) is 0.455. The minimum atomic E-state index is -0.179. The van der Waals surface area contributed by atoms with E-state index in [1.165, 1.54) is 17.8 Å². The lowest BCUT2D eigenvalue weighted by Gasteiger charge is -2.35. The van der Waals surface area contributed by atoms with Gasteiger partial charge in [0.05, 0.1) is 47.0 Å². The van der Waals surface area contributed by atoms with Crippen LogP contribution in [0.1, 0.15) is 42.5 Å². The van der Waals surface area contributed by atoms with Crippen LogP contribution < -0.4 is 15.4 Å². The summed E-state index contributed by atoms with van der Waals surface area (Å²) in [5.74, 6) is 0.474. The Kier molecular flexibility index (Phi) is 7.90. The van der Waals surface area contributed by atoms with E-state index in [-0.39, 0.29) is 24.0 Å². The highest BCUT2D eigenvalue weighted by Gasteiger charge is 2.27. The number of hydrogen-bond acceptors (Lipinski definition) is 7. The van der Waals surface area contributed by atoms with Crippen LogP contribution in [0, 0.1) is 0 Å². The second-order valence-corrected chi connectivity index (χ2v) is 11.0. The predicted molar refractivity (Wildman–Crippen MR) is 150 cm³/mol. The van der Waals surface area contributed by atoms with Gasteiger partial charge in [-0.1, -0.05) is 6.07 Å². The van der Waals surface area contributed by atoms with E-state index in [9.17, 15) is 9.59 Å². The third kappa shape index (κ3) is 5.81. The lowest BCUT2D eigenvalue weighted by Crippen LogP contribution is -2.44. The average Bonchev–Trinajstić information content (AvgIpc) is 3.38. The summed E-state index contributed by atoms with van der Waals surface area (Å²) in [6.07, 6.45) is 8.59. The number of aromatic nitrogens is 2. The van der Waals surface area contributed by atoms with Crippen molar-refractivity contribution in [3.63, 3.8) is 0 Å². The summed E-state index contributed by atoms with van der Waals surface area (Å²) in [5, 5.41) is 7.78. The number of thiophene rings is 1. The van der Waals surface area contributed by atoms with Gasteiger partial charge in [-0.15, -0.1) is 11.3 Å². The fourth-order valence-electron chi connectivity index (χ4n) is 4.83. The van der Waals surface area contributed by atoms with Crippen LogP contribution in [0.5, 0.6) is 5.75 Å². The molecule has 1 aliphatic heterocycles. The van der Waals surface area contributed by atoms with Crippen LogP contribution in [0.2, 0.25) is 0 Å². The summed E-state index contributed by atoms with van der Waals surface area (Å²) in [6.45, 7) is 1.98. The van der Waals surface area contributed by atoms with Gasteiger partial charge in [0.15, 0.2) is 0 Å². The Morgan fingerprint density at radius 1 is 1.11 bits per heavy atom. The van der Waals surface area contributed by atoms with E-state index in [1.54, 1.807) is 19.5 Å². The maximum atomic E-state index is 13.3. The van der Waals surface area contributed by atoms with Crippen molar-refractivity contribution in [2.75, 3.05) is 39.6 Å². The molecule has 3 heterocycles. The first-order chi connectivity index (χ1) is 18.4. The lowest BCUT2D eigenvalue weighted by atomic mass is 9.93. The molecule has 0 unspecified atom stereocenters. The van der Waals surface area contributed by atoms with Crippen LogP contribution in [0.25, 0.3) is 21.8 Å². The number of benzene rings is 1. The first-order valence-electron chi connectivity index (χ1n) is 13.0. The van der Waals surface area contributed by atoms with Gasteiger partial charge in [-0.05, 0) is 70.4 Å². The van der Waals surface area contributed by atoms with Crippen LogP contribution in [-0.4, -0.2) is 78.1 Å². The number of nitrogens with zero attached hydrogens (tertiary/aromatic N) is 4. The molecule has 2 N–H and O–H groups in total. The molecule has 1 saturated heterocycles. The molecule has 2 aromatic heterocycles. The number of anilines is 1. The topological polar surface area (TPSA) is 99.7 Å². The monoisotopic (exact) mass is 534 g/mol. The summed E-state index contributed by atoms with van der Waals surface area (Å²) >= 11 is 1.50. The lowest BCUT2D eigenvalue weighted by molar-refractivity contribution is 0.0656. The van der Waals surface area contributed by atoms with Crippen molar-refractivity contribution >= 4 is 29.0 Å². The van der Waals surface area contributed by atoms with Gasteiger partial charge < -0.3 is 25.2 Å². The Morgan fingerprint density at radius 2 is 1.87 bits per heavy atom. The maximum absolute atomic E-state index is 13.3. The van der Waals surface area contributed by atoms with Gasteiger partial charge in [0.1, 0.15) is 5.75 Å². The molecular weight excluding hydrogens is 500 g/mol. The molecule has 0 bridgehead atoms. The second-order valence-electron chi connectivity index (χ2n) is 10.1. The number of piperidine rings is 1. The molecule has 9 nitrogen and oxygen atoms in total. The maximum Gasteiger partial charge on any atom is 0.319 e. The zero-order chi connectivity index (χ0) is 26.6. The van der Waals surface area contributed by atoms with E-state index in [1.807, 2.05) is 41.6 Å². The summed E-state index contributed by atoms with van der Waals surface area (Å²) in [6, 6.07) is 7.77. The largest absolute Gasteiger partial charge is 0.496 e. The molecule has 3 amide bonds. The summed E-state index contributed by atoms with van der Waals surface area (Å²) in [4.78, 5) is 39.8. The van der Waals surface area contributed by atoms with E-state index in [0.29, 0.717) is 22.7 Å². The third-order valence-electron chi connectivity index (χ3n) is 7.47. The number of rotatable bonds is 7. The molecule has 1 saturated carbocycles. The van der Waals surface area contributed by atoms with Gasteiger partial charge in [0, 0.05) is 30.1 Å². The Labute approximate surface area is 227 Å². The fraction of sp³-hybridized carbons (Fsp3) is 0.429. The van der Waals surface area contributed by atoms with Gasteiger partial charge in [0.2, 0.25) is 0 Å². The molecule has 2 fully saturated rings. The standard InChI is InChI=1S/C28H34N6O3S/c1-33-11-9-21(10-12-33)34(2)27(35)22-8-7-18(13-25(22)37-3)23-15-29-16-24(32-23)26-14-20(17-38-26)31-28(36)30-19-5-4-6-19/h7-8,13-17,19,21H,4-6,9-12H2,1-3H3,(H2,30,31,36). The van der Waals surface area contributed by atoms with E-state index in [0.717, 1.165) is 54.9 Å². The normalized spacial score (nSPS) is 16.5. The van der Waals surface area contributed by atoms with Crippen molar-refractivity contribution in [1.82, 2.24) is 25.1 Å². The molecule has 2 aliphatic rings. The highest BCUT2D eigenvalue weighted by molar-refractivity contribution is 7.14. The number of amides is 3. The first-order valence-corrected chi connectivity index (χ1v) is 13.9. The van der Waals surface area contributed by atoms with Gasteiger partial charge in [-0.3, -0.25) is 9.78 Å². The molecule has 10 heteroatoms. The van der Waals surface area contributed by atoms with E-state index in [4.69, 9.17) is 9.72 Å². The van der Waals surface area contributed by atoms with Crippen molar-refractivity contribution in [1.29, 1.82) is 0 Å². The molecule has 1 aromatic carbocycles. The molecule has 1 aliphatic carbocycles. The highest BCUT2D eigenvalue weighted by Crippen LogP contribution is 2.32. The molecule has 200 valence electrons. The predicted octanol–water partition coefficient (Wildman–Crippen LogP) is 4.72. The molecule has 0 radical (unpaired) electrons. The molecule has 5 rings (SSSR count). The van der Waals surface area contributed by atoms with Crippen molar-refractivity contribution < 1.29 is 14.3 Å². The molecule has 0 spiro atoms. The summed E-state index contributed by atoms with van der Waals surface area (Å²) in [7, 11) is 5.57. The first kappa shape index (κ1) is 26.1. The number of urea groups is 1. The van der Waals surface area contributed by atoms with Gasteiger partial charge in [0.25, 0.3) is 5.91 Å². The molecular formula is C28H34N6O3S. The summed E-state index contributed by atoms with van der Waals surface area (Å²) in [5.41, 5.74) is 3.46. The van der Waals surface area contributed by atoms with Crippen LogP contribution in [0.4, 0.5) is 10.5 Å². The van der Waals surface area contributed by atoms with E-state index < -0.39 is 0 Å². The number of hydrogen-bond donors (Lipinski definition) is 2. The van der Waals surface area contributed by atoms with Crippen LogP contribution in [0.15, 0.2) is 42.0 Å². The second kappa shape index (κ2) is 11.5. The number of ether oxygens (including phenoxy) is 1. The number of likely N-dealkylation sites (tertiary alicyclic amines) is 1. The molecule has 38 heavy (non-hydrogen) atoms. The zero-order valence-corrected chi connectivity index (χ0v) is 22.9. The number of carbonyl (C=O) groups excluding carboxylic acids is 2. The number of methoxy groups -OCH3 is 1. The van der Waals surface area contributed by atoms with Crippen LogP contribution >= 0.6 is 11.3 Å². The van der Waals surface area contributed by atoms with Crippen molar-refractivity contribution in [3.05, 3.63) is 47.6 Å². The van der Waals surface area contributed by atoms with E-state index >= 15 is 0 Å². The minimum Gasteiger partial charge on any atom is -0.496 e. The van der Waals surface area contributed by atoms with Gasteiger partial charge >= 0.3 is 6.03 Å². The van der Waals surface area contributed by atoms with Crippen LogP contribution in [-0.2, 0) is 0 Å². The minimum absolute atomic E-state index is 0.0391. The Hall–Kier alpha value is -3.50. The zero-order valence-electron chi connectivity index (χ0n) is 22.1. The van der Waals surface area contributed by atoms with Gasteiger partial charge in [-0.2, -0.15) is 0 Å². The number of nitrogens with one attached hydrogen (secondary N) is 2. The Balaban J connectivity index is 1.30. The Morgan fingerprint density at radius 3 is 2.58 bits per heavy atom.